The summed E-state index contributed by atoms with van der Waals surface area (Å²) in [7, 11) is 1.23. The lowest BCUT2D eigenvalue weighted by atomic mass is 9.98. The van der Waals surface area contributed by atoms with Crippen molar-refractivity contribution in [2.45, 2.75) is 26.7 Å². The molecule has 2 rings (SSSR count). The lowest BCUT2D eigenvalue weighted by Crippen LogP contribution is -2.13. The fourth-order valence-electron chi connectivity index (χ4n) is 2.09. The molecule has 1 aliphatic rings. The Hall–Kier alpha value is -2.95. The van der Waals surface area contributed by atoms with E-state index in [1.807, 2.05) is 32.2 Å². The predicted molar refractivity (Wildman–Crippen MR) is 101 cm³/mol. The van der Waals surface area contributed by atoms with Crippen LogP contribution in [0.1, 0.15) is 34.8 Å². The molecule has 5 heteroatoms. The van der Waals surface area contributed by atoms with Crippen LogP contribution in [0.4, 0.5) is 0 Å². The number of rotatable bonds is 4. The quantitative estimate of drug-likeness (QED) is 0.300. The molecule has 2 N–H and O–H groups in total. The van der Waals surface area contributed by atoms with Crippen molar-refractivity contribution in [3.05, 3.63) is 71.1 Å². The Morgan fingerprint density at radius 3 is 2.72 bits per heavy atom. The average molecular weight is 340 g/mol. The molecular formula is C20H24N2O3. The van der Waals surface area contributed by atoms with E-state index in [-0.39, 0.29) is 11.4 Å². The van der Waals surface area contributed by atoms with Gasteiger partial charge in [-0.1, -0.05) is 31.7 Å². The van der Waals surface area contributed by atoms with Crippen LogP contribution in [0.2, 0.25) is 0 Å². The second kappa shape index (κ2) is 10.0. The summed E-state index contributed by atoms with van der Waals surface area (Å²) < 4.78 is 4.48. The van der Waals surface area contributed by atoms with Crippen molar-refractivity contribution in [3.63, 3.8) is 0 Å². The minimum atomic E-state index is -0.686. The minimum absolute atomic E-state index is 0.140. The second-order valence-corrected chi connectivity index (χ2v) is 5.38. The number of allylic oxidation sites excluding steroid dienone is 2. The fourth-order valence-corrected chi connectivity index (χ4v) is 2.09. The third kappa shape index (κ3) is 6.22. The number of ketones is 1. The van der Waals surface area contributed by atoms with Gasteiger partial charge in [0.25, 0.3) is 0 Å². The molecule has 25 heavy (non-hydrogen) atoms. The number of benzene rings is 1. The van der Waals surface area contributed by atoms with Crippen molar-refractivity contribution in [2.75, 3.05) is 7.11 Å². The summed E-state index contributed by atoms with van der Waals surface area (Å²) in [5.74, 6) is -1.07. The highest BCUT2D eigenvalue weighted by Gasteiger charge is 2.18. The van der Waals surface area contributed by atoms with E-state index in [4.69, 9.17) is 5.73 Å². The molecule has 1 aromatic rings. The maximum atomic E-state index is 11.9. The van der Waals surface area contributed by atoms with E-state index >= 15 is 0 Å². The second-order valence-electron chi connectivity index (χ2n) is 5.38. The van der Waals surface area contributed by atoms with E-state index in [1.165, 1.54) is 7.11 Å². The molecule has 0 unspecified atom stereocenters. The Morgan fingerprint density at radius 2 is 2.08 bits per heavy atom. The maximum Gasteiger partial charge on any atom is 0.341 e. The van der Waals surface area contributed by atoms with Crippen molar-refractivity contribution in [1.29, 1.82) is 0 Å². The van der Waals surface area contributed by atoms with Crippen molar-refractivity contribution in [2.24, 2.45) is 10.7 Å². The molecule has 0 spiro atoms. The van der Waals surface area contributed by atoms with Crippen LogP contribution in [-0.4, -0.2) is 25.1 Å². The van der Waals surface area contributed by atoms with Gasteiger partial charge in [0.05, 0.1) is 7.11 Å². The molecule has 1 aromatic carbocycles. The molecule has 0 saturated carbocycles. The molecule has 0 radical (unpaired) electrons. The Kier molecular flexibility index (Phi) is 8.06. The van der Waals surface area contributed by atoms with Gasteiger partial charge in [0.2, 0.25) is 0 Å². The van der Waals surface area contributed by atoms with Gasteiger partial charge in [0.15, 0.2) is 5.78 Å². The van der Waals surface area contributed by atoms with Gasteiger partial charge in [-0.2, -0.15) is 0 Å². The summed E-state index contributed by atoms with van der Waals surface area (Å²) in [5, 5.41) is 0. The van der Waals surface area contributed by atoms with Crippen LogP contribution < -0.4 is 5.73 Å². The van der Waals surface area contributed by atoms with Crippen LogP contribution in [-0.2, 0) is 16.0 Å². The van der Waals surface area contributed by atoms with Gasteiger partial charge in [0, 0.05) is 30.1 Å². The van der Waals surface area contributed by atoms with E-state index in [0.29, 0.717) is 5.56 Å². The fraction of sp³-hybridized carbons (Fsp3) is 0.250. The monoisotopic (exact) mass is 340 g/mol. The summed E-state index contributed by atoms with van der Waals surface area (Å²) in [4.78, 5) is 27.0. The van der Waals surface area contributed by atoms with Gasteiger partial charge in [-0.25, -0.2) is 4.79 Å². The molecule has 0 aromatic heterocycles. The minimum Gasteiger partial charge on any atom is -0.465 e. The third-order valence-electron chi connectivity index (χ3n) is 3.62. The van der Waals surface area contributed by atoms with Crippen LogP contribution in [0.3, 0.4) is 0 Å². The van der Waals surface area contributed by atoms with Gasteiger partial charge in [-0.3, -0.25) is 9.79 Å². The molecule has 0 aliphatic carbocycles. The zero-order valence-corrected chi connectivity index (χ0v) is 14.9. The number of carbonyl (C=O) groups excluding carboxylic acids is 2. The highest BCUT2D eigenvalue weighted by atomic mass is 16.5. The number of nitrogens with zero attached hydrogens (tertiary/aromatic N) is 1. The molecular weight excluding hydrogens is 316 g/mol. The molecule has 1 aliphatic heterocycles. The summed E-state index contributed by atoms with van der Waals surface area (Å²) in [6, 6.07) is 5.37. The van der Waals surface area contributed by atoms with Crippen LogP contribution >= 0.6 is 0 Å². The van der Waals surface area contributed by atoms with E-state index in [0.717, 1.165) is 29.7 Å². The number of hydrogen-bond acceptors (Lipinski definition) is 5. The zero-order chi connectivity index (χ0) is 18.8. The first-order valence-electron chi connectivity index (χ1n) is 7.96. The molecule has 0 fully saturated rings. The Morgan fingerprint density at radius 1 is 1.36 bits per heavy atom. The molecule has 0 atom stereocenters. The van der Waals surface area contributed by atoms with E-state index in [2.05, 4.69) is 16.3 Å². The molecule has 0 saturated heterocycles. The number of methoxy groups -OCH3 is 1. The average Bonchev–Trinajstić information content (AvgIpc) is 2.88. The standard InChI is InChI=1S/C14H16O3.C6H8N2/c1-5-11-8-12(7-6-9(11)2)13(15)10(3)14(16)17-4;7-6-2-1-4-8-5-3-6/h6-8H,3,5H2,1-2,4H3;2-5H,1,7H2. The molecule has 1 heterocycles. The number of aryl methyl sites for hydroxylation is 2. The summed E-state index contributed by atoms with van der Waals surface area (Å²) in [5.41, 5.74) is 8.78. The van der Waals surface area contributed by atoms with Gasteiger partial charge in [-0.05, 0) is 36.6 Å². The SMILES string of the molecule is C=C(C(=O)OC)C(=O)c1ccc(C)c(CC)c1.NC1=CCC=NC=C1. The van der Waals surface area contributed by atoms with E-state index in [1.54, 1.807) is 24.4 Å². The first-order chi connectivity index (χ1) is 11.9. The number of nitrogens with two attached hydrogens (primary N) is 1. The van der Waals surface area contributed by atoms with E-state index < -0.39 is 5.97 Å². The number of ether oxygens (including phenoxy) is 1. The number of carbonyl (C=O) groups is 2. The molecule has 132 valence electrons. The lowest BCUT2D eigenvalue weighted by Gasteiger charge is -2.07. The number of Topliss-reactive ketones (excluding diaryl/α,β-unsaturated/α-hetero) is 1. The topological polar surface area (TPSA) is 81.8 Å². The Bertz CT molecular complexity index is 741. The van der Waals surface area contributed by atoms with Crippen molar-refractivity contribution < 1.29 is 14.3 Å². The van der Waals surface area contributed by atoms with Gasteiger partial charge in [0.1, 0.15) is 5.57 Å². The molecule has 0 amide bonds. The largest absolute Gasteiger partial charge is 0.465 e. The number of hydrogen-bond donors (Lipinski definition) is 1. The van der Waals surface area contributed by atoms with Crippen molar-refractivity contribution in [1.82, 2.24) is 0 Å². The van der Waals surface area contributed by atoms with Crippen LogP contribution in [0.25, 0.3) is 0 Å². The normalized spacial score (nSPS) is 12.4. The summed E-state index contributed by atoms with van der Waals surface area (Å²) >= 11 is 0. The Labute approximate surface area is 148 Å². The van der Waals surface area contributed by atoms with E-state index in [9.17, 15) is 9.59 Å². The maximum absolute atomic E-state index is 11.9. The van der Waals surface area contributed by atoms with Crippen molar-refractivity contribution >= 4 is 18.0 Å². The highest BCUT2D eigenvalue weighted by molar-refractivity contribution is 6.23. The van der Waals surface area contributed by atoms with Crippen LogP contribution in [0, 0.1) is 6.92 Å². The molecule has 5 nitrogen and oxygen atoms in total. The van der Waals surface area contributed by atoms with Crippen LogP contribution in [0.5, 0.6) is 0 Å². The number of esters is 1. The third-order valence-corrected chi connectivity index (χ3v) is 3.62. The molecule has 0 bridgehead atoms. The van der Waals surface area contributed by atoms with Gasteiger partial charge in [-0.15, -0.1) is 0 Å². The first-order valence-corrected chi connectivity index (χ1v) is 7.96. The van der Waals surface area contributed by atoms with Crippen LogP contribution in [0.15, 0.2) is 59.4 Å². The van der Waals surface area contributed by atoms with Gasteiger partial charge < -0.3 is 10.5 Å². The summed E-state index contributed by atoms with van der Waals surface area (Å²) in [6.45, 7) is 7.46. The first kappa shape index (κ1) is 20.1. The zero-order valence-electron chi connectivity index (χ0n) is 14.9. The lowest BCUT2D eigenvalue weighted by molar-refractivity contribution is -0.135. The number of aliphatic imine (C=N–C) groups is 1. The van der Waals surface area contributed by atoms with Crippen molar-refractivity contribution in [3.8, 4) is 0 Å². The highest BCUT2D eigenvalue weighted by Crippen LogP contribution is 2.15. The summed E-state index contributed by atoms with van der Waals surface area (Å²) in [6.07, 6.45) is 8.90. The van der Waals surface area contributed by atoms with Gasteiger partial charge >= 0.3 is 5.97 Å². The smallest absolute Gasteiger partial charge is 0.341 e. The Balaban J connectivity index is 0.000000324. The predicted octanol–water partition coefficient (Wildman–Crippen LogP) is 3.29.